The highest BCUT2D eigenvalue weighted by atomic mass is 16.7. The Morgan fingerprint density at radius 1 is 1.40 bits per heavy atom. The molecule has 1 fully saturated rings. The molecular weight excluding hydrogens is 258 g/mol. The zero-order chi connectivity index (χ0) is 14.4. The van der Waals surface area contributed by atoms with E-state index in [0.29, 0.717) is 26.2 Å². The average molecular weight is 279 g/mol. The normalized spacial score (nSPS) is 20.6. The number of amides is 1. The molecule has 1 aromatic rings. The Balaban J connectivity index is 1.59. The monoisotopic (exact) mass is 279 g/mol. The molecule has 0 aromatic heterocycles. The first-order valence-corrected chi connectivity index (χ1v) is 6.81. The van der Waals surface area contributed by atoms with Gasteiger partial charge in [-0.2, -0.15) is 0 Å². The van der Waals surface area contributed by atoms with Crippen molar-refractivity contribution in [3.05, 3.63) is 30.3 Å². The Morgan fingerprint density at radius 3 is 2.80 bits per heavy atom. The van der Waals surface area contributed by atoms with Crippen LogP contribution < -0.4 is 10.1 Å². The van der Waals surface area contributed by atoms with E-state index in [4.69, 9.17) is 14.2 Å². The van der Waals surface area contributed by atoms with Gasteiger partial charge in [0, 0.05) is 6.54 Å². The standard InChI is InChI=1S/C15H21NO4/c1-15(2)19-11-13(20-15)10-16-14(17)8-9-18-12-6-4-3-5-7-12/h3-7,13H,8-11H2,1-2H3,(H,16,17). The van der Waals surface area contributed by atoms with Gasteiger partial charge in [0.2, 0.25) is 5.91 Å². The van der Waals surface area contributed by atoms with E-state index in [9.17, 15) is 4.79 Å². The number of carbonyl (C=O) groups is 1. The maximum absolute atomic E-state index is 11.7. The Bertz CT molecular complexity index is 433. The molecule has 0 spiro atoms. The number of para-hydroxylation sites is 1. The second-order valence-corrected chi connectivity index (χ2v) is 5.17. The van der Waals surface area contributed by atoms with Crippen LogP contribution in [0.15, 0.2) is 30.3 Å². The minimum atomic E-state index is -0.550. The Hall–Kier alpha value is -1.59. The van der Waals surface area contributed by atoms with Gasteiger partial charge in [0.05, 0.1) is 19.6 Å². The zero-order valence-corrected chi connectivity index (χ0v) is 11.9. The van der Waals surface area contributed by atoms with E-state index in [1.165, 1.54) is 0 Å². The fourth-order valence-corrected chi connectivity index (χ4v) is 1.96. The molecule has 5 heteroatoms. The van der Waals surface area contributed by atoms with Crippen LogP contribution in [0.3, 0.4) is 0 Å². The topological polar surface area (TPSA) is 56.8 Å². The molecule has 0 saturated carbocycles. The van der Waals surface area contributed by atoms with Crippen LogP contribution in [0.1, 0.15) is 20.3 Å². The fourth-order valence-electron chi connectivity index (χ4n) is 1.96. The van der Waals surface area contributed by atoms with E-state index < -0.39 is 5.79 Å². The van der Waals surface area contributed by atoms with E-state index in [0.717, 1.165) is 5.75 Å². The number of carbonyl (C=O) groups excluding carboxylic acids is 1. The van der Waals surface area contributed by atoms with Gasteiger partial charge in [0.25, 0.3) is 0 Å². The van der Waals surface area contributed by atoms with Crippen LogP contribution in [0.4, 0.5) is 0 Å². The van der Waals surface area contributed by atoms with E-state index in [1.54, 1.807) is 0 Å². The number of ether oxygens (including phenoxy) is 3. The number of rotatable bonds is 6. The fraction of sp³-hybridized carbons (Fsp3) is 0.533. The van der Waals surface area contributed by atoms with Crippen LogP contribution in [0.25, 0.3) is 0 Å². The summed E-state index contributed by atoms with van der Waals surface area (Å²) in [5, 5.41) is 2.82. The maximum Gasteiger partial charge on any atom is 0.223 e. The molecule has 110 valence electrons. The van der Waals surface area contributed by atoms with Gasteiger partial charge >= 0.3 is 0 Å². The third-order valence-corrected chi connectivity index (χ3v) is 2.94. The van der Waals surface area contributed by atoms with Gasteiger partial charge in [0.15, 0.2) is 5.79 Å². The molecule has 1 N–H and O–H groups in total. The van der Waals surface area contributed by atoms with Gasteiger partial charge in [-0.15, -0.1) is 0 Å². The Morgan fingerprint density at radius 2 is 2.15 bits per heavy atom. The predicted octanol–water partition coefficient (Wildman–Crippen LogP) is 1.72. The number of nitrogens with one attached hydrogen (secondary N) is 1. The predicted molar refractivity (Wildman–Crippen MR) is 74.5 cm³/mol. The van der Waals surface area contributed by atoms with Crippen LogP contribution in [0, 0.1) is 0 Å². The van der Waals surface area contributed by atoms with Crippen molar-refractivity contribution in [2.45, 2.75) is 32.2 Å². The van der Waals surface area contributed by atoms with Gasteiger partial charge in [-0.3, -0.25) is 4.79 Å². The summed E-state index contributed by atoms with van der Waals surface area (Å²) in [6, 6.07) is 9.45. The van der Waals surface area contributed by atoms with Gasteiger partial charge in [0.1, 0.15) is 11.9 Å². The summed E-state index contributed by atoms with van der Waals surface area (Å²) < 4.78 is 16.5. The van der Waals surface area contributed by atoms with Crippen molar-refractivity contribution in [3.8, 4) is 5.75 Å². The van der Waals surface area contributed by atoms with Crippen LogP contribution in [-0.4, -0.2) is 37.6 Å². The van der Waals surface area contributed by atoms with Crippen molar-refractivity contribution in [3.63, 3.8) is 0 Å². The lowest BCUT2D eigenvalue weighted by molar-refractivity contribution is -0.139. The third-order valence-electron chi connectivity index (χ3n) is 2.94. The summed E-state index contributed by atoms with van der Waals surface area (Å²) in [7, 11) is 0. The number of benzene rings is 1. The average Bonchev–Trinajstić information content (AvgIpc) is 2.77. The quantitative estimate of drug-likeness (QED) is 0.861. The number of hydrogen-bond acceptors (Lipinski definition) is 4. The molecule has 1 atom stereocenters. The SMILES string of the molecule is CC1(C)OCC(CNC(=O)CCOc2ccccc2)O1. The molecule has 1 amide bonds. The highest BCUT2D eigenvalue weighted by molar-refractivity contribution is 5.76. The molecule has 0 bridgehead atoms. The van der Waals surface area contributed by atoms with Crippen molar-refractivity contribution in [2.24, 2.45) is 0 Å². The van der Waals surface area contributed by atoms with E-state index in [2.05, 4.69) is 5.32 Å². The van der Waals surface area contributed by atoms with Crippen LogP contribution in [-0.2, 0) is 14.3 Å². The molecule has 0 aliphatic carbocycles. The van der Waals surface area contributed by atoms with Crippen molar-refractivity contribution < 1.29 is 19.0 Å². The summed E-state index contributed by atoms with van der Waals surface area (Å²) in [6.45, 7) is 5.07. The van der Waals surface area contributed by atoms with Gasteiger partial charge in [-0.1, -0.05) is 18.2 Å². The molecule has 5 nitrogen and oxygen atoms in total. The van der Waals surface area contributed by atoms with Gasteiger partial charge in [-0.05, 0) is 26.0 Å². The lowest BCUT2D eigenvalue weighted by Crippen LogP contribution is -2.35. The lowest BCUT2D eigenvalue weighted by Gasteiger charge is -2.17. The second kappa shape index (κ2) is 6.72. The summed E-state index contributed by atoms with van der Waals surface area (Å²) in [5.74, 6) is 0.176. The molecule has 0 radical (unpaired) electrons. The Kier molecular flexibility index (Phi) is 4.98. The molecule has 1 aliphatic rings. The van der Waals surface area contributed by atoms with Crippen molar-refractivity contribution >= 4 is 5.91 Å². The molecule has 1 aliphatic heterocycles. The van der Waals surface area contributed by atoms with Crippen LogP contribution in [0.2, 0.25) is 0 Å². The van der Waals surface area contributed by atoms with E-state index in [-0.39, 0.29) is 12.0 Å². The maximum atomic E-state index is 11.7. The van der Waals surface area contributed by atoms with E-state index in [1.807, 2.05) is 44.2 Å². The first kappa shape index (κ1) is 14.8. The largest absolute Gasteiger partial charge is 0.493 e. The molecule has 20 heavy (non-hydrogen) atoms. The minimum absolute atomic E-state index is 0.0470. The first-order chi connectivity index (χ1) is 9.55. The van der Waals surface area contributed by atoms with Crippen molar-refractivity contribution in [1.82, 2.24) is 5.32 Å². The summed E-state index contributed by atoms with van der Waals surface area (Å²) in [5.41, 5.74) is 0. The van der Waals surface area contributed by atoms with Crippen molar-refractivity contribution in [2.75, 3.05) is 19.8 Å². The molecule has 1 aromatic carbocycles. The molecule has 1 saturated heterocycles. The van der Waals surface area contributed by atoms with Crippen LogP contribution >= 0.6 is 0 Å². The second-order valence-electron chi connectivity index (χ2n) is 5.17. The number of hydrogen-bond donors (Lipinski definition) is 1. The third kappa shape index (κ3) is 4.83. The minimum Gasteiger partial charge on any atom is -0.493 e. The van der Waals surface area contributed by atoms with Gasteiger partial charge < -0.3 is 19.5 Å². The highest BCUT2D eigenvalue weighted by Crippen LogP contribution is 2.21. The molecule has 1 unspecified atom stereocenters. The smallest absolute Gasteiger partial charge is 0.223 e. The molecule has 2 rings (SSSR count). The molecular formula is C15H21NO4. The summed E-state index contributed by atoms with van der Waals surface area (Å²) in [4.78, 5) is 11.7. The summed E-state index contributed by atoms with van der Waals surface area (Å²) in [6.07, 6.45) is 0.246. The Labute approximate surface area is 119 Å². The molecule has 1 heterocycles. The highest BCUT2D eigenvalue weighted by Gasteiger charge is 2.32. The van der Waals surface area contributed by atoms with E-state index >= 15 is 0 Å². The van der Waals surface area contributed by atoms with Crippen molar-refractivity contribution in [1.29, 1.82) is 0 Å². The van der Waals surface area contributed by atoms with Gasteiger partial charge in [-0.25, -0.2) is 0 Å². The first-order valence-electron chi connectivity index (χ1n) is 6.81. The zero-order valence-electron chi connectivity index (χ0n) is 11.9. The lowest BCUT2D eigenvalue weighted by atomic mass is 10.3. The summed E-state index contributed by atoms with van der Waals surface area (Å²) >= 11 is 0. The van der Waals surface area contributed by atoms with Crippen LogP contribution in [0.5, 0.6) is 5.75 Å².